The summed E-state index contributed by atoms with van der Waals surface area (Å²) in [5, 5.41) is 10.9. The lowest BCUT2D eigenvalue weighted by Gasteiger charge is -2.04. The van der Waals surface area contributed by atoms with E-state index in [1.54, 1.807) is 24.3 Å². The number of benzene rings is 1. The van der Waals surface area contributed by atoms with Crippen LogP contribution in [0, 0.1) is 12.7 Å². The van der Waals surface area contributed by atoms with Crippen molar-refractivity contribution in [2.45, 2.75) is 13.5 Å². The van der Waals surface area contributed by atoms with Gasteiger partial charge in [-0.1, -0.05) is 11.2 Å². The van der Waals surface area contributed by atoms with E-state index in [-0.39, 0.29) is 5.82 Å². The number of aromatic nitrogens is 2. The van der Waals surface area contributed by atoms with Crippen LogP contribution >= 0.6 is 11.3 Å². The molecule has 1 N–H and O–H groups in total. The van der Waals surface area contributed by atoms with Crippen molar-refractivity contribution in [1.29, 1.82) is 0 Å². The number of hydrogen-bond donors (Lipinski definition) is 1. The predicted molar refractivity (Wildman–Crippen MR) is 76.1 cm³/mol. The Balaban J connectivity index is 1.68. The molecule has 0 saturated carbocycles. The summed E-state index contributed by atoms with van der Waals surface area (Å²) < 4.78 is 18.6. The number of thiophene rings is 1. The quantitative estimate of drug-likeness (QED) is 0.792. The normalized spacial score (nSPS) is 10.7. The van der Waals surface area contributed by atoms with Crippen LogP contribution in [-0.2, 0) is 6.54 Å². The summed E-state index contributed by atoms with van der Waals surface area (Å²) in [6.07, 6.45) is 0. The van der Waals surface area contributed by atoms with Crippen molar-refractivity contribution in [2.24, 2.45) is 0 Å². The van der Waals surface area contributed by atoms with Gasteiger partial charge in [0.2, 0.25) is 11.7 Å². The molecule has 0 aliphatic rings. The van der Waals surface area contributed by atoms with Crippen molar-refractivity contribution < 1.29 is 8.91 Å². The second-order valence-corrected chi connectivity index (χ2v) is 5.12. The Labute approximate surface area is 119 Å². The zero-order chi connectivity index (χ0) is 13.9. The van der Waals surface area contributed by atoms with Crippen LogP contribution in [0.1, 0.15) is 11.5 Å². The average molecular weight is 289 g/mol. The number of rotatable bonds is 4. The number of aryl methyl sites for hydroxylation is 1. The summed E-state index contributed by atoms with van der Waals surface area (Å²) in [4.78, 5) is 4.28. The second-order valence-electron chi connectivity index (χ2n) is 4.34. The van der Waals surface area contributed by atoms with E-state index in [9.17, 15) is 4.39 Å². The smallest absolute Gasteiger partial charge is 0.246 e. The maximum Gasteiger partial charge on any atom is 0.246 e. The molecule has 0 spiro atoms. The monoisotopic (exact) mass is 289 g/mol. The van der Waals surface area contributed by atoms with E-state index >= 15 is 0 Å². The molecule has 3 aromatic rings. The van der Waals surface area contributed by atoms with Crippen LogP contribution in [0.25, 0.3) is 11.4 Å². The lowest BCUT2D eigenvalue weighted by atomic mass is 10.2. The summed E-state index contributed by atoms with van der Waals surface area (Å²) in [5.41, 5.74) is 2.24. The van der Waals surface area contributed by atoms with Gasteiger partial charge < -0.3 is 9.84 Å². The molecule has 1 aromatic carbocycles. The Bertz CT molecular complexity index is 709. The number of halogens is 1. The molecule has 0 atom stereocenters. The summed E-state index contributed by atoms with van der Waals surface area (Å²) in [6.45, 7) is 2.09. The molecular weight excluding hydrogens is 277 g/mol. The standard InChI is InChI=1S/C14H12FN3OS/c1-9-2-3-11(6-12(9)15)16-7-13-17-14(18-19-13)10-4-5-20-8-10/h2-6,8,16H,7H2,1H3. The molecule has 4 nitrogen and oxygen atoms in total. The van der Waals surface area contributed by atoms with Crippen LogP contribution in [0.15, 0.2) is 39.5 Å². The van der Waals surface area contributed by atoms with Crippen LogP contribution in [0.2, 0.25) is 0 Å². The zero-order valence-electron chi connectivity index (χ0n) is 10.8. The maximum atomic E-state index is 13.4. The molecule has 0 radical (unpaired) electrons. The first-order valence-electron chi connectivity index (χ1n) is 6.07. The van der Waals surface area contributed by atoms with Gasteiger partial charge in [-0.05, 0) is 36.1 Å². The summed E-state index contributed by atoms with van der Waals surface area (Å²) in [5.74, 6) is 0.796. The van der Waals surface area contributed by atoms with Crippen LogP contribution in [0.4, 0.5) is 10.1 Å². The molecule has 20 heavy (non-hydrogen) atoms. The number of hydrogen-bond acceptors (Lipinski definition) is 5. The molecule has 0 aliphatic heterocycles. The largest absolute Gasteiger partial charge is 0.376 e. The van der Waals surface area contributed by atoms with Gasteiger partial charge in [0.15, 0.2) is 0 Å². The number of nitrogens with zero attached hydrogens (tertiary/aromatic N) is 2. The van der Waals surface area contributed by atoms with Crippen molar-refractivity contribution in [1.82, 2.24) is 10.1 Å². The van der Waals surface area contributed by atoms with Gasteiger partial charge in [-0.3, -0.25) is 0 Å². The average Bonchev–Trinajstić information content (AvgIpc) is 3.09. The van der Waals surface area contributed by atoms with Gasteiger partial charge in [-0.2, -0.15) is 16.3 Å². The van der Waals surface area contributed by atoms with E-state index in [0.29, 0.717) is 29.5 Å². The lowest BCUT2D eigenvalue weighted by molar-refractivity contribution is 0.384. The van der Waals surface area contributed by atoms with Gasteiger partial charge in [-0.25, -0.2) is 4.39 Å². The van der Waals surface area contributed by atoms with Crippen LogP contribution in [0.5, 0.6) is 0 Å². The molecule has 0 saturated heterocycles. The molecule has 0 amide bonds. The SMILES string of the molecule is Cc1ccc(NCc2nc(-c3ccsc3)no2)cc1F. The third-order valence-electron chi connectivity index (χ3n) is 2.86. The van der Waals surface area contributed by atoms with Crippen LogP contribution in [-0.4, -0.2) is 10.1 Å². The predicted octanol–water partition coefficient (Wildman–Crippen LogP) is 3.86. The van der Waals surface area contributed by atoms with E-state index in [1.807, 2.05) is 22.9 Å². The number of anilines is 1. The molecule has 0 aliphatic carbocycles. The lowest BCUT2D eigenvalue weighted by Crippen LogP contribution is -2.00. The highest BCUT2D eigenvalue weighted by Crippen LogP contribution is 2.19. The Morgan fingerprint density at radius 3 is 3.00 bits per heavy atom. The third-order valence-corrected chi connectivity index (χ3v) is 3.55. The number of nitrogens with one attached hydrogen (secondary N) is 1. The topological polar surface area (TPSA) is 51.0 Å². The van der Waals surface area contributed by atoms with E-state index in [0.717, 1.165) is 5.56 Å². The first-order valence-corrected chi connectivity index (χ1v) is 7.02. The third kappa shape index (κ3) is 2.70. The van der Waals surface area contributed by atoms with Gasteiger partial charge in [0.1, 0.15) is 5.82 Å². The van der Waals surface area contributed by atoms with Gasteiger partial charge in [0.25, 0.3) is 0 Å². The summed E-state index contributed by atoms with van der Waals surface area (Å²) in [7, 11) is 0. The minimum atomic E-state index is -0.237. The van der Waals surface area contributed by atoms with Gasteiger partial charge in [0, 0.05) is 16.6 Å². The van der Waals surface area contributed by atoms with Crippen molar-refractivity contribution in [3.63, 3.8) is 0 Å². The van der Waals surface area contributed by atoms with E-state index < -0.39 is 0 Å². The van der Waals surface area contributed by atoms with Crippen molar-refractivity contribution in [3.8, 4) is 11.4 Å². The highest BCUT2D eigenvalue weighted by atomic mass is 32.1. The Kier molecular flexibility index (Phi) is 3.47. The highest BCUT2D eigenvalue weighted by molar-refractivity contribution is 7.08. The zero-order valence-corrected chi connectivity index (χ0v) is 11.6. The van der Waals surface area contributed by atoms with E-state index in [4.69, 9.17) is 4.52 Å². The molecule has 102 valence electrons. The molecule has 0 bridgehead atoms. The Hall–Kier alpha value is -2.21. The van der Waals surface area contributed by atoms with E-state index in [1.165, 1.54) is 6.07 Å². The fourth-order valence-electron chi connectivity index (χ4n) is 1.72. The highest BCUT2D eigenvalue weighted by Gasteiger charge is 2.08. The summed E-state index contributed by atoms with van der Waals surface area (Å²) in [6, 6.07) is 6.92. The van der Waals surface area contributed by atoms with Crippen LogP contribution < -0.4 is 5.32 Å². The maximum absolute atomic E-state index is 13.4. The van der Waals surface area contributed by atoms with Crippen LogP contribution in [0.3, 0.4) is 0 Å². The minimum absolute atomic E-state index is 0.237. The molecule has 3 rings (SSSR count). The fraction of sp³-hybridized carbons (Fsp3) is 0.143. The van der Waals surface area contributed by atoms with E-state index in [2.05, 4.69) is 15.5 Å². The van der Waals surface area contributed by atoms with Gasteiger partial charge in [-0.15, -0.1) is 0 Å². The molecule has 2 aromatic heterocycles. The molecule has 0 unspecified atom stereocenters. The van der Waals surface area contributed by atoms with Crippen molar-refractivity contribution >= 4 is 17.0 Å². The Morgan fingerprint density at radius 1 is 1.35 bits per heavy atom. The van der Waals surface area contributed by atoms with Gasteiger partial charge >= 0.3 is 0 Å². The molecule has 6 heteroatoms. The molecular formula is C14H12FN3OS. The second kappa shape index (κ2) is 5.42. The summed E-state index contributed by atoms with van der Waals surface area (Å²) >= 11 is 1.58. The molecule has 2 heterocycles. The van der Waals surface area contributed by atoms with Crippen molar-refractivity contribution in [3.05, 3.63) is 52.3 Å². The fourth-order valence-corrected chi connectivity index (χ4v) is 2.35. The van der Waals surface area contributed by atoms with Gasteiger partial charge in [0.05, 0.1) is 6.54 Å². The minimum Gasteiger partial charge on any atom is -0.376 e. The van der Waals surface area contributed by atoms with Crippen molar-refractivity contribution in [2.75, 3.05) is 5.32 Å². The first kappa shape index (κ1) is 12.8. The molecule has 0 fully saturated rings. The first-order chi connectivity index (χ1) is 9.72. The Morgan fingerprint density at radius 2 is 2.25 bits per heavy atom.